The smallest absolute Gasteiger partial charge is 0.394 e. The third-order valence-electron chi connectivity index (χ3n) is 3.89. The number of carbonyl (C=O) groups excluding carboxylic acids is 1. The number of nitro groups is 1. The number of likely N-dealkylation sites (tertiary alicyclic amines) is 1. The second-order valence-corrected chi connectivity index (χ2v) is 5.55. The van der Waals surface area contributed by atoms with Gasteiger partial charge in [-0.05, 0) is 6.07 Å². The summed E-state index contributed by atoms with van der Waals surface area (Å²) in [6, 6.07) is 2.50. The van der Waals surface area contributed by atoms with Crippen LogP contribution in [-0.4, -0.2) is 52.7 Å². The minimum Gasteiger partial charge on any atom is -0.484 e. The highest BCUT2D eigenvalue weighted by atomic mass is 19.4. The number of rotatable bonds is 5. The van der Waals surface area contributed by atoms with E-state index in [4.69, 9.17) is 9.84 Å². The monoisotopic (exact) mass is 380 g/mol. The molecule has 1 aliphatic heterocycles. The van der Waals surface area contributed by atoms with E-state index in [0.717, 1.165) is 12.1 Å². The van der Waals surface area contributed by atoms with Crippen LogP contribution >= 0.6 is 0 Å². The van der Waals surface area contributed by atoms with Gasteiger partial charge in [0.05, 0.1) is 16.8 Å². The SMILES string of the molecule is O=C(O)[C@@H]1CN(C(=O)COc2ccc([N+](=O)[O-])c(F)c2)C[C@H]1C(F)(F)F. The number of halogens is 4. The number of benzene rings is 1. The van der Waals surface area contributed by atoms with E-state index in [9.17, 15) is 37.3 Å². The van der Waals surface area contributed by atoms with Crippen LogP contribution in [0.4, 0.5) is 23.2 Å². The molecule has 2 rings (SSSR count). The van der Waals surface area contributed by atoms with Gasteiger partial charge in [0.2, 0.25) is 5.82 Å². The summed E-state index contributed by atoms with van der Waals surface area (Å²) in [6.07, 6.45) is -4.78. The first kappa shape index (κ1) is 19.4. The Morgan fingerprint density at radius 3 is 2.46 bits per heavy atom. The van der Waals surface area contributed by atoms with E-state index in [1.807, 2.05) is 0 Å². The van der Waals surface area contributed by atoms with Crippen molar-refractivity contribution >= 4 is 17.6 Å². The van der Waals surface area contributed by atoms with Crippen molar-refractivity contribution in [1.29, 1.82) is 0 Å². The molecule has 1 fully saturated rings. The molecule has 1 saturated heterocycles. The maximum atomic E-state index is 13.4. The molecule has 8 nitrogen and oxygen atoms in total. The number of hydrogen-bond donors (Lipinski definition) is 1. The normalized spacial score (nSPS) is 20.1. The Hall–Kier alpha value is -2.92. The average Bonchev–Trinajstić information content (AvgIpc) is 2.98. The second kappa shape index (κ2) is 7.14. The fraction of sp³-hybridized carbons (Fsp3) is 0.429. The molecule has 142 valence electrons. The van der Waals surface area contributed by atoms with Crippen LogP contribution < -0.4 is 4.74 Å². The molecular formula is C14H12F4N2O6. The highest BCUT2D eigenvalue weighted by Gasteiger charge is 2.53. The molecule has 1 heterocycles. The lowest BCUT2D eigenvalue weighted by atomic mass is 9.96. The molecule has 0 bridgehead atoms. The zero-order chi connectivity index (χ0) is 19.6. The fourth-order valence-electron chi connectivity index (χ4n) is 2.55. The van der Waals surface area contributed by atoms with Gasteiger partial charge in [0.15, 0.2) is 6.61 Å². The molecule has 2 atom stereocenters. The number of nitro benzene ring substituents is 1. The third-order valence-corrected chi connectivity index (χ3v) is 3.89. The van der Waals surface area contributed by atoms with Crippen molar-refractivity contribution in [3.63, 3.8) is 0 Å². The largest absolute Gasteiger partial charge is 0.484 e. The predicted molar refractivity (Wildman–Crippen MR) is 75.8 cm³/mol. The highest BCUT2D eigenvalue weighted by Crippen LogP contribution is 2.37. The van der Waals surface area contributed by atoms with Crippen molar-refractivity contribution in [3.05, 3.63) is 34.1 Å². The molecule has 0 spiro atoms. The molecule has 1 aromatic rings. The van der Waals surface area contributed by atoms with E-state index in [0.29, 0.717) is 11.0 Å². The van der Waals surface area contributed by atoms with Crippen LogP contribution in [0.1, 0.15) is 0 Å². The first-order valence-corrected chi connectivity index (χ1v) is 7.14. The molecule has 26 heavy (non-hydrogen) atoms. The van der Waals surface area contributed by atoms with E-state index < -0.39 is 66.0 Å². The van der Waals surface area contributed by atoms with Crippen molar-refractivity contribution in [1.82, 2.24) is 4.90 Å². The van der Waals surface area contributed by atoms with Crippen molar-refractivity contribution in [3.8, 4) is 5.75 Å². The Balaban J connectivity index is 2.01. The zero-order valence-corrected chi connectivity index (χ0v) is 12.9. The Morgan fingerprint density at radius 2 is 2.00 bits per heavy atom. The lowest BCUT2D eigenvalue weighted by molar-refractivity contribution is -0.387. The van der Waals surface area contributed by atoms with Crippen LogP contribution in [0.2, 0.25) is 0 Å². The summed E-state index contributed by atoms with van der Waals surface area (Å²) in [5.74, 6) is -7.99. The number of carboxylic acid groups (broad SMARTS) is 1. The fourth-order valence-corrected chi connectivity index (χ4v) is 2.55. The van der Waals surface area contributed by atoms with Gasteiger partial charge in [0.25, 0.3) is 5.91 Å². The number of amides is 1. The number of carboxylic acids is 1. The predicted octanol–water partition coefficient (Wildman–Crippen LogP) is 1.83. The lowest BCUT2D eigenvalue weighted by Crippen LogP contribution is -2.35. The summed E-state index contributed by atoms with van der Waals surface area (Å²) in [4.78, 5) is 33.2. The Labute approximate surface area is 143 Å². The maximum absolute atomic E-state index is 13.4. The second-order valence-electron chi connectivity index (χ2n) is 5.55. The molecule has 1 aromatic carbocycles. The Kier molecular flexibility index (Phi) is 5.33. The molecule has 1 aliphatic rings. The first-order chi connectivity index (χ1) is 12.0. The Bertz CT molecular complexity index is 739. The van der Waals surface area contributed by atoms with E-state index in [1.54, 1.807) is 0 Å². The minimum atomic E-state index is -4.78. The average molecular weight is 380 g/mol. The van der Waals surface area contributed by atoms with Gasteiger partial charge < -0.3 is 14.7 Å². The molecule has 1 amide bonds. The summed E-state index contributed by atoms with van der Waals surface area (Å²) in [6.45, 7) is -2.22. The van der Waals surface area contributed by atoms with Gasteiger partial charge in [-0.3, -0.25) is 19.7 Å². The van der Waals surface area contributed by atoms with Crippen LogP contribution in [-0.2, 0) is 9.59 Å². The molecular weight excluding hydrogens is 368 g/mol. The van der Waals surface area contributed by atoms with Gasteiger partial charge in [-0.1, -0.05) is 0 Å². The quantitative estimate of drug-likeness (QED) is 0.474. The number of nitrogens with zero attached hydrogens (tertiary/aromatic N) is 2. The van der Waals surface area contributed by atoms with E-state index in [2.05, 4.69) is 0 Å². The minimum absolute atomic E-state index is 0.234. The summed E-state index contributed by atoms with van der Waals surface area (Å²) < 4.78 is 57.0. The lowest BCUT2D eigenvalue weighted by Gasteiger charge is -2.18. The van der Waals surface area contributed by atoms with Gasteiger partial charge in [-0.2, -0.15) is 17.6 Å². The van der Waals surface area contributed by atoms with Gasteiger partial charge in [-0.25, -0.2) is 0 Å². The van der Waals surface area contributed by atoms with E-state index >= 15 is 0 Å². The zero-order valence-electron chi connectivity index (χ0n) is 12.9. The van der Waals surface area contributed by atoms with Crippen molar-refractivity contribution < 1.29 is 41.9 Å². The van der Waals surface area contributed by atoms with Gasteiger partial charge >= 0.3 is 17.8 Å². The van der Waals surface area contributed by atoms with Crippen molar-refractivity contribution in [2.75, 3.05) is 19.7 Å². The summed E-state index contributed by atoms with van der Waals surface area (Å²) >= 11 is 0. The maximum Gasteiger partial charge on any atom is 0.394 e. The molecule has 0 unspecified atom stereocenters. The van der Waals surface area contributed by atoms with E-state index in [1.165, 1.54) is 0 Å². The summed E-state index contributed by atoms with van der Waals surface area (Å²) in [5, 5.41) is 19.4. The highest BCUT2D eigenvalue weighted by molar-refractivity contribution is 5.80. The molecule has 0 radical (unpaired) electrons. The van der Waals surface area contributed by atoms with Crippen LogP contribution in [0, 0.1) is 27.8 Å². The molecule has 0 saturated carbocycles. The van der Waals surface area contributed by atoms with Crippen LogP contribution in [0.25, 0.3) is 0 Å². The topological polar surface area (TPSA) is 110 Å². The van der Waals surface area contributed by atoms with Gasteiger partial charge in [-0.15, -0.1) is 0 Å². The molecule has 1 N–H and O–H groups in total. The van der Waals surface area contributed by atoms with E-state index in [-0.39, 0.29) is 5.75 Å². The van der Waals surface area contributed by atoms with Gasteiger partial charge in [0, 0.05) is 25.2 Å². The summed E-state index contributed by atoms with van der Waals surface area (Å²) in [5.41, 5.74) is -0.805. The Morgan fingerprint density at radius 1 is 1.35 bits per heavy atom. The number of alkyl halides is 3. The first-order valence-electron chi connectivity index (χ1n) is 7.14. The standard InChI is InChI=1S/C14H12F4N2O6/c15-10-3-7(1-2-11(10)20(24)25)26-6-12(21)19-4-8(13(22)23)9(5-19)14(16,17)18/h1-3,8-9H,4-6H2,(H,22,23)/t8-,9-/m1/s1. The molecule has 0 aromatic heterocycles. The van der Waals surface area contributed by atoms with Crippen molar-refractivity contribution in [2.24, 2.45) is 11.8 Å². The number of carbonyl (C=O) groups is 2. The van der Waals surface area contributed by atoms with Crippen LogP contribution in [0.3, 0.4) is 0 Å². The van der Waals surface area contributed by atoms with Crippen LogP contribution in [0.15, 0.2) is 18.2 Å². The number of hydrogen-bond acceptors (Lipinski definition) is 5. The molecule has 0 aliphatic carbocycles. The van der Waals surface area contributed by atoms with Gasteiger partial charge in [0.1, 0.15) is 5.75 Å². The molecule has 12 heteroatoms. The number of aliphatic carboxylic acids is 1. The van der Waals surface area contributed by atoms with Crippen molar-refractivity contribution in [2.45, 2.75) is 6.18 Å². The summed E-state index contributed by atoms with van der Waals surface area (Å²) in [7, 11) is 0. The number of ether oxygens (including phenoxy) is 1. The van der Waals surface area contributed by atoms with Crippen LogP contribution in [0.5, 0.6) is 5.75 Å². The third kappa shape index (κ3) is 4.18.